The molecule has 0 aliphatic carbocycles. The molecule has 1 rings (SSSR count). The van der Waals surface area contributed by atoms with E-state index in [1.165, 1.54) is 12.1 Å². The average molecular weight is 287 g/mol. The molecule has 0 aliphatic heterocycles. The first-order chi connectivity index (χ1) is 9.31. The van der Waals surface area contributed by atoms with Crippen molar-refractivity contribution in [2.24, 2.45) is 5.73 Å². The van der Waals surface area contributed by atoms with Gasteiger partial charge >= 0.3 is 6.18 Å². The van der Waals surface area contributed by atoms with Gasteiger partial charge in [0.15, 0.2) is 6.61 Å². The monoisotopic (exact) mass is 287 g/mol. The van der Waals surface area contributed by atoms with Crippen LogP contribution in [0.1, 0.15) is 6.42 Å². The van der Waals surface area contributed by atoms with Crippen LogP contribution in [0.2, 0.25) is 0 Å². The Kier molecular flexibility index (Phi) is 5.34. The van der Waals surface area contributed by atoms with E-state index in [2.05, 4.69) is 21.0 Å². The van der Waals surface area contributed by atoms with E-state index in [1.54, 1.807) is 0 Å². The Labute approximate surface area is 113 Å². The second-order valence-corrected chi connectivity index (χ2v) is 3.79. The highest BCUT2D eigenvalue weighted by atomic mass is 19.4. The number of hydrogen-bond donors (Lipinski definition) is 2. The van der Waals surface area contributed by atoms with Crippen LogP contribution in [0.5, 0.6) is 5.88 Å². The van der Waals surface area contributed by atoms with Gasteiger partial charge in [0.1, 0.15) is 0 Å². The summed E-state index contributed by atoms with van der Waals surface area (Å²) < 4.78 is 40.2. The minimum atomic E-state index is -4.43. The van der Waals surface area contributed by atoms with Crippen molar-refractivity contribution in [2.75, 3.05) is 11.9 Å². The number of rotatable bonds is 5. The van der Waals surface area contributed by atoms with Crippen molar-refractivity contribution >= 4 is 11.6 Å². The zero-order chi connectivity index (χ0) is 15.2. The van der Waals surface area contributed by atoms with Crippen LogP contribution in [0, 0.1) is 12.3 Å². The Bertz CT molecular complexity index is 494. The predicted octanol–water partition coefficient (Wildman–Crippen LogP) is 1.31. The number of aromatic nitrogens is 1. The highest BCUT2D eigenvalue weighted by Crippen LogP contribution is 2.18. The second-order valence-electron chi connectivity index (χ2n) is 3.79. The van der Waals surface area contributed by atoms with Crippen molar-refractivity contribution in [3.8, 4) is 18.2 Å². The Morgan fingerprint density at radius 1 is 1.55 bits per heavy atom. The predicted molar refractivity (Wildman–Crippen MR) is 65.8 cm³/mol. The summed E-state index contributed by atoms with van der Waals surface area (Å²) in [6.07, 6.45) is 1.82. The highest BCUT2D eigenvalue weighted by molar-refractivity contribution is 5.94. The smallest absolute Gasteiger partial charge is 0.422 e. The van der Waals surface area contributed by atoms with E-state index in [0.717, 1.165) is 6.20 Å². The number of terminal acetylenes is 1. The number of amides is 1. The number of nitrogens with two attached hydrogens (primary N) is 1. The summed E-state index contributed by atoms with van der Waals surface area (Å²) in [5.41, 5.74) is 5.76. The van der Waals surface area contributed by atoms with Crippen molar-refractivity contribution in [1.82, 2.24) is 4.98 Å². The number of pyridine rings is 1. The molecule has 0 saturated carbocycles. The van der Waals surface area contributed by atoms with E-state index < -0.39 is 24.7 Å². The number of anilines is 1. The topological polar surface area (TPSA) is 77.2 Å². The third kappa shape index (κ3) is 5.58. The normalized spacial score (nSPS) is 12.3. The molecule has 108 valence electrons. The maximum Gasteiger partial charge on any atom is 0.422 e. The molecule has 0 saturated heterocycles. The molecular formula is C12H12F3N3O2. The minimum Gasteiger partial charge on any atom is -0.468 e. The highest BCUT2D eigenvalue weighted by Gasteiger charge is 2.28. The van der Waals surface area contributed by atoms with E-state index in [1.807, 2.05) is 0 Å². The van der Waals surface area contributed by atoms with Gasteiger partial charge in [0, 0.05) is 12.5 Å². The van der Waals surface area contributed by atoms with E-state index in [0.29, 0.717) is 0 Å². The zero-order valence-corrected chi connectivity index (χ0v) is 10.3. The van der Waals surface area contributed by atoms with Crippen molar-refractivity contribution < 1.29 is 22.7 Å². The SMILES string of the molecule is C#CCC(N)C(=O)Nc1ccc(OCC(F)(F)F)nc1. The van der Waals surface area contributed by atoms with Crippen molar-refractivity contribution in [1.29, 1.82) is 0 Å². The first-order valence-electron chi connectivity index (χ1n) is 5.47. The molecule has 1 atom stereocenters. The molecule has 0 fully saturated rings. The summed E-state index contributed by atoms with van der Waals surface area (Å²) in [6.45, 7) is -1.43. The summed E-state index contributed by atoms with van der Waals surface area (Å²) in [5, 5.41) is 2.43. The number of nitrogens with zero attached hydrogens (tertiary/aromatic N) is 1. The number of alkyl halides is 3. The molecule has 0 aliphatic rings. The first kappa shape index (κ1) is 15.8. The van der Waals surface area contributed by atoms with Crippen LogP contribution in [0.4, 0.5) is 18.9 Å². The third-order valence-corrected chi connectivity index (χ3v) is 2.06. The van der Waals surface area contributed by atoms with Gasteiger partial charge in [-0.2, -0.15) is 13.2 Å². The fourth-order valence-electron chi connectivity index (χ4n) is 1.15. The Morgan fingerprint density at radius 2 is 2.25 bits per heavy atom. The molecule has 5 nitrogen and oxygen atoms in total. The van der Waals surface area contributed by atoms with Crippen LogP contribution in [0.25, 0.3) is 0 Å². The summed E-state index contributed by atoms with van der Waals surface area (Å²) in [6, 6.07) is 1.69. The molecule has 1 heterocycles. The van der Waals surface area contributed by atoms with Crippen LogP contribution in [-0.4, -0.2) is 29.7 Å². The van der Waals surface area contributed by atoms with Crippen molar-refractivity contribution in [3.05, 3.63) is 18.3 Å². The lowest BCUT2D eigenvalue weighted by Crippen LogP contribution is -2.35. The second kappa shape index (κ2) is 6.77. The number of hydrogen-bond acceptors (Lipinski definition) is 4. The van der Waals surface area contributed by atoms with E-state index in [9.17, 15) is 18.0 Å². The molecule has 0 spiro atoms. The molecule has 1 aromatic heterocycles. The van der Waals surface area contributed by atoms with Gasteiger partial charge in [-0.15, -0.1) is 12.3 Å². The van der Waals surface area contributed by atoms with Crippen molar-refractivity contribution in [2.45, 2.75) is 18.6 Å². The molecule has 1 amide bonds. The van der Waals surface area contributed by atoms with Gasteiger partial charge in [-0.25, -0.2) is 4.98 Å². The molecule has 1 unspecified atom stereocenters. The Balaban J connectivity index is 2.55. The fourth-order valence-corrected chi connectivity index (χ4v) is 1.15. The summed E-state index contributed by atoms with van der Waals surface area (Å²) in [5.74, 6) is 1.54. The van der Waals surface area contributed by atoms with Gasteiger partial charge in [-0.1, -0.05) is 0 Å². The van der Waals surface area contributed by atoms with Crippen LogP contribution in [0.3, 0.4) is 0 Å². The van der Waals surface area contributed by atoms with Gasteiger partial charge in [-0.3, -0.25) is 4.79 Å². The quantitative estimate of drug-likeness (QED) is 0.801. The van der Waals surface area contributed by atoms with Gasteiger partial charge in [-0.05, 0) is 6.07 Å². The maximum absolute atomic E-state index is 11.9. The van der Waals surface area contributed by atoms with Crippen LogP contribution in [-0.2, 0) is 4.79 Å². The molecule has 20 heavy (non-hydrogen) atoms. The number of carbonyl (C=O) groups excluding carboxylic acids is 1. The lowest BCUT2D eigenvalue weighted by Gasteiger charge is -2.11. The molecule has 0 aromatic carbocycles. The molecule has 3 N–H and O–H groups in total. The molecule has 0 bridgehead atoms. The van der Waals surface area contributed by atoms with Gasteiger partial charge in [0.2, 0.25) is 11.8 Å². The number of carbonyl (C=O) groups is 1. The van der Waals surface area contributed by atoms with Crippen molar-refractivity contribution in [3.63, 3.8) is 0 Å². The fraction of sp³-hybridized carbons (Fsp3) is 0.333. The van der Waals surface area contributed by atoms with Gasteiger partial charge in [0.05, 0.1) is 17.9 Å². The van der Waals surface area contributed by atoms with Crippen LogP contribution >= 0.6 is 0 Å². The van der Waals surface area contributed by atoms with Crippen LogP contribution < -0.4 is 15.8 Å². The molecule has 0 radical (unpaired) electrons. The Morgan fingerprint density at radius 3 is 2.75 bits per heavy atom. The van der Waals surface area contributed by atoms with Gasteiger partial charge in [0.25, 0.3) is 0 Å². The lowest BCUT2D eigenvalue weighted by atomic mass is 10.2. The average Bonchev–Trinajstić information content (AvgIpc) is 2.37. The molecule has 8 heteroatoms. The summed E-state index contributed by atoms with van der Waals surface area (Å²) >= 11 is 0. The summed E-state index contributed by atoms with van der Waals surface area (Å²) in [4.78, 5) is 15.1. The van der Waals surface area contributed by atoms with Crippen LogP contribution in [0.15, 0.2) is 18.3 Å². The van der Waals surface area contributed by atoms with Gasteiger partial charge < -0.3 is 15.8 Å². The number of halogens is 3. The van der Waals surface area contributed by atoms with E-state index in [4.69, 9.17) is 12.2 Å². The minimum absolute atomic E-state index is 0.0754. The number of ether oxygens (including phenoxy) is 1. The lowest BCUT2D eigenvalue weighted by molar-refractivity contribution is -0.154. The Hall–Kier alpha value is -2.27. The standard InChI is InChI=1S/C12H12F3N3O2/c1-2-3-9(16)11(19)18-8-4-5-10(17-6-8)20-7-12(13,14)15/h1,4-6,9H,3,7,16H2,(H,18,19). The largest absolute Gasteiger partial charge is 0.468 e. The first-order valence-corrected chi connectivity index (χ1v) is 5.47. The molecule has 1 aromatic rings. The number of nitrogens with one attached hydrogen (secondary N) is 1. The molecular weight excluding hydrogens is 275 g/mol. The summed E-state index contributed by atoms with van der Waals surface area (Å²) in [7, 11) is 0. The zero-order valence-electron chi connectivity index (χ0n) is 10.3. The van der Waals surface area contributed by atoms with E-state index in [-0.39, 0.29) is 18.0 Å². The third-order valence-electron chi connectivity index (χ3n) is 2.06. The maximum atomic E-state index is 11.9. The van der Waals surface area contributed by atoms with E-state index >= 15 is 0 Å².